The van der Waals surface area contributed by atoms with Crippen LogP contribution in [0.2, 0.25) is 5.02 Å². The molecule has 0 bridgehead atoms. The van der Waals surface area contributed by atoms with Crippen LogP contribution in [-0.4, -0.2) is 0 Å². The van der Waals surface area contributed by atoms with Crippen LogP contribution < -0.4 is 4.74 Å². The van der Waals surface area contributed by atoms with Crippen LogP contribution in [0.3, 0.4) is 0 Å². The molecule has 2 aromatic rings. The van der Waals surface area contributed by atoms with Gasteiger partial charge in [0.25, 0.3) is 0 Å². The Hall–Kier alpha value is -1.47. The first kappa shape index (κ1) is 12.6. The number of rotatable bonds is 3. The minimum absolute atomic E-state index is 0.593. The van der Waals surface area contributed by atoms with E-state index in [0.717, 1.165) is 16.3 Å². The van der Waals surface area contributed by atoms with Gasteiger partial charge in [0.2, 0.25) is 0 Å². The maximum absolute atomic E-state index is 5.87. The maximum atomic E-state index is 5.87. The smallest absolute Gasteiger partial charge is 0.120 e. The van der Waals surface area contributed by atoms with Gasteiger partial charge in [0, 0.05) is 5.02 Å². The van der Waals surface area contributed by atoms with Gasteiger partial charge >= 0.3 is 0 Å². The molecule has 0 N–H and O–H groups in total. The van der Waals surface area contributed by atoms with Gasteiger partial charge in [-0.05, 0) is 66.6 Å². The Morgan fingerprint density at radius 1 is 0.895 bits per heavy atom. The predicted molar refractivity (Wildman–Crippen MR) is 78.9 cm³/mol. The third kappa shape index (κ3) is 3.10. The van der Waals surface area contributed by atoms with E-state index in [9.17, 15) is 0 Å². The topological polar surface area (TPSA) is 9.23 Å². The van der Waals surface area contributed by atoms with Crippen LogP contribution in [0, 0.1) is 0 Å². The van der Waals surface area contributed by atoms with Gasteiger partial charge in [-0.1, -0.05) is 29.8 Å². The summed E-state index contributed by atoms with van der Waals surface area (Å²) in [6, 6.07) is 14.3. The van der Waals surface area contributed by atoms with E-state index < -0.39 is 0 Å². The Balaban J connectivity index is 1.68. The van der Waals surface area contributed by atoms with Crippen molar-refractivity contribution in [1.29, 1.82) is 0 Å². The first-order valence-corrected chi connectivity index (χ1v) is 7.18. The molecule has 0 heterocycles. The summed E-state index contributed by atoms with van der Waals surface area (Å²) in [5, 5.41) is 0.762. The predicted octanol–water partition coefficient (Wildman–Crippen LogP) is 4.80. The van der Waals surface area contributed by atoms with Crippen LogP contribution in [0.5, 0.6) is 5.75 Å². The van der Waals surface area contributed by atoms with Gasteiger partial charge in [-0.2, -0.15) is 0 Å². The fourth-order valence-electron chi connectivity index (χ4n) is 2.55. The van der Waals surface area contributed by atoms with E-state index in [1.807, 2.05) is 24.3 Å². The molecule has 98 valence electrons. The summed E-state index contributed by atoms with van der Waals surface area (Å²) in [4.78, 5) is 0. The molecule has 19 heavy (non-hydrogen) atoms. The molecule has 1 aliphatic rings. The highest BCUT2D eigenvalue weighted by molar-refractivity contribution is 6.30. The second-order valence-electron chi connectivity index (χ2n) is 5.05. The van der Waals surface area contributed by atoms with Crippen LogP contribution in [0.15, 0.2) is 42.5 Å². The lowest BCUT2D eigenvalue weighted by molar-refractivity contribution is 0.305. The van der Waals surface area contributed by atoms with Crippen LogP contribution in [0.25, 0.3) is 0 Å². The summed E-state index contributed by atoms with van der Waals surface area (Å²) >= 11 is 5.87. The van der Waals surface area contributed by atoms with Gasteiger partial charge < -0.3 is 4.74 Å². The molecule has 0 saturated heterocycles. The molecule has 2 aromatic carbocycles. The van der Waals surface area contributed by atoms with Crippen LogP contribution in [0.4, 0.5) is 0 Å². The molecule has 0 aliphatic heterocycles. The number of hydrogen-bond acceptors (Lipinski definition) is 1. The molecule has 0 aromatic heterocycles. The minimum Gasteiger partial charge on any atom is -0.489 e. The van der Waals surface area contributed by atoms with Gasteiger partial charge in [0.15, 0.2) is 0 Å². The third-order valence-electron chi connectivity index (χ3n) is 3.64. The number of benzene rings is 2. The second-order valence-corrected chi connectivity index (χ2v) is 5.49. The molecular weight excluding hydrogens is 256 g/mol. The molecule has 0 atom stereocenters. The molecule has 0 amide bonds. The number of hydrogen-bond donors (Lipinski definition) is 0. The summed E-state index contributed by atoms with van der Waals surface area (Å²) in [5.41, 5.74) is 4.09. The monoisotopic (exact) mass is 272 g/mol. The van der Waals surface area contributed by atoms with E-state index in [4.69, 9.17) is 16.3 Å². The molecule has 0 fully saturated rings. The molecule has 2 heteroatoms. The molecular formula is C17H17ClO. The Bertz CT molecular complexity index is 560. The van der Waals surface area contributed by atoms with Gasteiger partial charge in [-0.3, -0.25) is 0 Å². The number of fused-ring (bicyclic) bond motifs is 1. The van der Waals surface area contributed by atoms with Gasteiger partial charge in [-0.25, -0.2) is 0 Å². The van der Waals surface area contributed by atoms with Crippen molar-refractivity contribution in [3.05, 3.63) is 64.2 Å². The van der Waals surface area contributed by atoms with Crippen LogP contribution in [-0.2, 0) is 19.4 Å². The minimum atomic E-state index is 0.593. The van der Waals surface area contributed by atoms with Crippen molar-refractivity contribution >= 4 is 11.6 Å². The van der Waals surface area contributed by atoms with E-state index in [1.165, 1.54) is 36.8 Å². The standard InChI is InChI=1S/C17H17ClO/c18-16-8-5-13(6-9-16)12-19-17-10-7-14-3-1-2-4-15(14)11-17/h5-11H,1-4,12H2. The lowest BCUT2D eigenvalue weighted by Crippen LogP contribution is -2.03. The van der Waals surface area contributed by atoms with E-state index in [-0.39, 0.29) is 0 Å². The van der Waals surface area contributed by atoms with Gasteiger partial charge in [0.1, 0.15) is 12.4 Å². The SMILES string of the molecule is Clc1ccc(COc2ccc3c(c2)CCCC3)cc1. The molecule has 0 unspecified atom stereocenters. The molecule has 1 aliphatic carbocycles. The average molecular weight is 273 g/mol. The fourth-order valence-corrected chi connectivity index (χ4v) is 2.67. The highest BCUT2D eigenvalue weighted by Gasteiger charge is 2.09. The second kappa shape index (κ2) is 5.66. The van der Waals surface area contributed by atoms with Crippen molar-refractivity contribution < 1.29 is 4.74 Å². The van der Waals surface area contributed by atoms with Gasteiger partial charge in [-0.15, -0.1) is 0 Å². The first-order chi connectivity index (χ1) is 9.31. The summed E-state index contributed by atoms with van der Waals surface area (Å²) in [7, 11) is 0. The Labute approximate surface area is 119 Å². The molecule has 0 spiro atoms. The number of halogens is 1. The van der Waals surface area contributed by atoms with Gasteiger partial charge in [0.05, 0.1) is 0 Å². The Morgan fingerprint density at radius 3 is 2.42 bits per heavy atom. The zero-order valence-corrected chi connectivity index (χ0v) is 11.6. The first-order valence-electron chi connectivity index (χ1n) is 6.80. The van der Waals surface area contributed by atoms with Crippen molar-refractivity contribution in [3.63, 3.8) is 0 Å². The van der Waals surface area contributed by atoms with E-state index in [2.05, 4.69) is 18.2 Å². The Kier molecular flexibility index (Phi) is 3.74. The summed E-state index contributed by atoms with van der Waals surface area (Å²) in [5.74, 6) is 0.968. The number of ether oxygens (including phenoxy) is 1. The molecule has 0 saturated carbocycles. The zero-order chi connectivity index (χ0) is 13.1. The molecule has 0 radical (unpaired) electrons. The highest BCUT2D eigenvalue weighted by Crippen LogP contribution is 2.25. The summed E-state index contributed by atoms with van der Waals surface area (Å²) in [6.07, 6.45) is 5.02. The molecule has 3 rings (SSSR count). The largest absolute Gasteiger partial charge is 0.489 e. The molecule has 1 nitrogen and oxygen atoms in total. The van der Waals surface area contributed by atoms with Crippen LogP contribution >= 0.6 is 11.6 Å². The third-order valence-corrected chi connectivity index (χ3v) is 3.89. The maximum Gasteiger partial charge on any atom is 0.120 e. The lowest BCUT2D eigenvalue weighted by atomic mass is 9.92. The van der Waals surface area contributed by atoms with Crippen molar-refractivity contribution in [2.24, 2.45) is 0 Å². The van der Waals surface area contributed by atoms with E-state index >= 15 is 0 Å². The van der Waals surface area contributed by atoms with Crippen molar-refractivity contribution in [3.8, 4) is 5.75 Å². The van der Waals surface area contributed by atoms with E-state index in [1.54, 1.807) is 0 Å². The highest BCUT2D eigenvalue weighted by atomic mass is 35.5. The zero-order valence-electron chi connectivity index (χ0n) is 10.9. The summed E-state index contributed by atoms with van der Waals surface area (Å²) < 4.78 is 5.85. The number of aryl methyl sites for hydroxylation is 2. The van der Waals surface area contributed by atoms with Crippen molar-refractivity contribution in [2.45, 2.75) is 32.3 Å². The average Bonchev–Trinajstić information content (AvgIpc) is 2.46. The van der Waals surface area contributed by atoms with E-state index in [0.29, 0.717) is 6.61 Å². The van der Waals surface area contributed by atoms with Crippen molar-refractivity contribution in [2.75, 3.05) is 0 Å². The fraction of sp³-hybridized carbons (Fsp3) is 0.294. The Morgan fingerprint density at radius 2 is 1.63 bits per heavy atom. The van der Waals surface area contributed by atoms with Crippen molar-refractivity contribution in [1.82, 2.24) is 0 Å². The normalized spacial score (nSPS) is 13.9. The van der Waals surface area contributed by atoms with Crippen LogP contribution in [0.1, 0.15) is 29.5 Å². The summed E-state index contributed by atoms with van der Waals surface area (Å²) in [6.45, 7) is 0.593. The lowest BCUT2D eigenvalue weighted by Gasteiger charge is -2.16. The quantitative estimate of drug-likeness (QED) is 0.780.